The Hall–Kier alpha value is -2.95. The highest BCUT2D eigenvalue weighted by molar-refractivity contribution is 7.89. The lowest BCUT2D eigenvalue weighted by molar-refractivity contribution is -0.157. The first-order valence-corrected chi connectivity index (χ1v) is 12.3. The van der Waals surface area contributed by atoms with Gasteiger partial charge in [0.15, 0.2) is 6.61 Å². The molecular weight excluding hydrogens is 458 g/mol. The molecule has 0 saturated heterocycles. The lowest BCUT2D eigenvalue weighted by atomic mass is 10.1. The molecule has 2 aromatic rings. The number of esters is 1. The molecule has 186 valence electrons. The first-order chi connectivity index (χ1) is 15.8. The van der Waals surface area contributed by atoms with Gasteiger partial charge in [-0.1, -0.05) is 29.8 Å². The third kappa shape index (κ3) is 7.82. The number of amides is 1. The lowest BCUT2D eigenvalue weighted by Gasteiger charge is -2.25. The number of rotatable bonds is 10. The van der Waals surface area contributed by atoms with Crippen LogP contribution in [0.15, 0.2) is 53.4 Å². The minimum Gasteiger partial charge on any atom is -0.482 e. The maximum Gasteiger partial charge on any atom is 0.344 e. The predicted molar refractivity (Wildman–Crippen MR) is 129 cm³/mol. The summed E-state index contributed by atoms with van der Waals surface area (Å²) in [6, 6.07) is 11.8. The van der Waals surface area contributed by atoms with Gasteiger partial charge in [0, 0.05) is 13.1 Å². The molecular formula is C24H33N3O6S. The van der Waals surface area contributed by atoms with Gasteiger partial charge >= 0.3 is 5.97 Å². The number of carbonyl (C=O) groups excluding carboxylic acids is 2. The second-order valence-corrected chi connectivity index (χ2v) is 10.7. The molecule has 34 heavy (non-hydrogen) atoms. The van der Waals surface area contributed by atoms with E-state index in [1.165, 1.54) is 12.1 Å². The van der Waals surface area contributed by atoms with Crippen LogP contribution in [0.5, 0.6) is 5.75 Å². The van der Waals surface area contributed by atoms with Crippen molar-refractivity contribution >= 4 is 21.9 Å². The average molecular weight is 492 g/mol. The number of benzene rings is 2. The summed E-state index contributed by atoms with van der Waals surface area (Å²) >= 11 is 0. The molecule has 0 aliphatic carbocycles. The molecule has 0 unspecified atom stereocenters. The molecule has 10 heteroatoms. The van der Waals surface area contributed by atoms with Crippen LogP contribution in [0, 0.1) is 6.92 Å². The Morgan fingerprint density at radius 2 is 1.62 bits per heavy atom. The number of carbonyl (C=O) groups is 2. The lowest BCUT2D eigenvalue weighted by Crippen LogP contribution is -2.49. The molecule has 0 aliphatic rings. The molecule has 0 aromatic heterocycles. The quantitative estimate of drug-likeness (QED) is 0.479. The fraction of sp³-hybridized carbons (Fsp3) is 0.417. The van der Waals surface area contributed by atoms with Crippen LogP contribution in [0.25, 0.3) is 0 Å². The molecule has 0 radical (unpaired) electrons. The van der Waals surface area contributed by atoms with E-state index in [-0.39, 0.29) is 31.0 Å². The van der Waals surface area contributed by atoms with Gasteiger partial charge in [-0.3, -0.25) is 4.79 Å². The van der Waals surface area contributed by atoms with Crippen LogP contribution < -0.4 is 16.2 Å². The van der Waals surface area contributed by atoms with E-state index < -0.39 is 33.5 Å². The van der Waals surface area contributed by atoms with Crippen molar-refractivity contribution in [2.24, 2.45) is 11.5 Å². The highest BCUT2D eigenvalue weighted by atomic mass is 32.2. The Morgan fingerprint density at radius 1 is 1.03 bits per heavy atom. The van der Waals surface area contributed by atoms with Crippen LogP contribution in [-0.4, -0.2) is 55.9 Å². The van der Waals surface area contributed by atoms with Crippen molar-refractivity contribution in [2.45, 2.75) is 50.7 Å². The van der Waals surface area contributed by atoms with Crippen LogP contribution >= 0.6 is 0 Å². The molecule has 0 spiro atoms. The third-order valence-corrected chi connectivity index (χ3v) is 6.47. The van der Waals surface area contributed by atoms with Crippen molar-refractivity contribution in [3.63, 3.8) is 0 Å². The minimum atomic E-state index is -4.09. The van der Waals surface area contributed by atoms with Gasteiger partial charge in [-0.2, -0.15) is 0 Å². The molecule has 1 amide bonds. The normalized spacial score (nSPS) is 12.6. The van der Waals surface area contributed by atoms with Crippen LogP contribution in [0.3, 0.4) is 0 Å². The zero-order valence-corrected chi connectivity index (χ0v) is 20.8. The molecule has 4 N–H and O–H groups in total. The summed E-state index contributed by atoms with van der Waals surface area (Å²) in [5.74, 6) is -0.781. The fourth-order valence-corrected chi connectivity index (χ4v) is 4.52. The van der Waals surface area contributed by atoms with Gasteiger partial charge in [0.1, 0.15) is 11.4 Å². The van der Waals surface area contributed by atoms with E-state index in [9.17, 15) is 18.0 Å². The molecule has 0 bridgehead atoms. The van der Waals surface area contributed by atoms with E-state index in [0.29, 0.717) is 11.3 Å². The van der Waals surface area contributed by atoms with E-state index in [4.69, 9.17) is 20.9 Å². The monoisotopic (exact) mass is 491 g/mol. The van der Waals surface area contributed by atoms with Crippen LogP contribution in [-0.2, 0) is 30.8 Å². The number of nitrogens with zero attached hydrogens (tertiary/aromatic N) is 1. The smallest absolute Gasteiger partial charge is 0.344 e. The van der Waals surface area contributed by atoms with E-state index in [1.54, 1.807) is 57.2 Å². The van der Waals surface area contributed by atoms with E-state index >= 15 is 0 Å². The van der Waals surface area contributed by atoms with E-state index in [0.717, 1.165) is 9.87 Å². The maximum atomic E-state index is 13.0. The molecule has 2 aromatic carbocycles. The summed E-state index contributed by atoms with van der Waals surface area (Å²) < 4.78 is 37.4. The minimum absolute atomic E-state index is 0.00131. The van der Waals surface area contributed by atoms with E-state index in [1.807, 2.05) is 6.92 Å². The molecule has 9 nitrogen and oxygen atoms in total. The molecule has 0 saturated carbocycles. The van der Waals surface area contributed by atoms with Crippen molar-refractivity contribution in [3.8, 4) is 5.75 Å². The van der Waals surface area contributed by atoms with Gasteiger partial charge in [0.2, 0.25) is 0 Å². The summed E-state index contributed by atoms with van der Waals surface area (Å²) in [4.78, 5) is 24.7. The number of ether oxygens (including phenoxy) is 2. The first kappa shape index (κ1) is 27.3. The molecule has 0 fully saturated rings. The van der Waals surface area contributed by atoms with Crippen molar-refractivity contribution < 1.29 is 27.5 Å². The maximum absolute atomic E-state index is 13.0. The average Bonchev–Trinajstić information content (AvgIpc) is 2.75. The second-order valence-electron chi connectivity index (χ2n) is 8.85. The standard InChI is InChI=1S/C24H33N3O6S/c1-17-5-11-20(12-6-17)34(30,31)27(14-13-25)23(29)21(26)15-18-7-9-19(10-8-18)32-16-22(28)33-24(2,3)4/h5-12,21H,13-16,25-26H2,1-4H3/t21-/m0/s1. The van der Waals surface area contributed by atoms with E-state index in [2.05, 4.69) is 0 Å². The van der Waals surface area contributed by atoms with Crippen molar-refractivity contribution in [3.05, 3.63) is 59.7 Å². The van der Waals surface area contributed by atoms with Gasteiger partial charge in [-0.05, 0) is 63.9 Å². The molecule has 0 aliphatic heterocycles. The number of hydrogen-bond acceptors (Lipinski definition) is 8. The number of aryl methyl sites for hydroxylation is 1. The highest BCUT2D eigenvalue weighted by Gasteiger charge is 2.32. The van der Waals surface area contributed by atoms with Crippen molar-refractivity contribution in [1.82, 2.24) is 4.31 Å². The SMILES string of the molecule is Cc1ccc(S(=O)(=O)N(CCN)C(=O)[C@@H](N)Cc2ccc(OCC(=O)OC(C)(C)C)cc2)cc1. The summed E-state index contributed by atoms with van der Waals surface area (Å²) in [7, 11) is -4.09. The summed E-state index contributed by atoms with van der Waals surface area (Å²) in [6.07, 6.45) is 0.107. The van der Waals surface area contributed by atoms with Crippen LogP contribution in [0.2, 0.25) is 0 Å². The second kappa shape index (κ2) is 11.5. The van der Waals surface area contributed by atoms with Gasteiger partial charge in [-0.15, -0.1) is 0 Å². The topological polar surface area (TPSA) is 142 Å². The zero-order valence-electron chi connectivity index (χ0n) is 20.0. The van der Waals surface area contributed by atoms with Gasteiger partial charge in [0.25, 0.3) is 15.9 Å². The summed E-state index contributed by atoms with van der Waals surface area (Å²) in [5, 5.41) is 0. The molecule has 0 heterocycles. The van der Waals surface area contributed by atoms with Crippen molar-refractivity contribution in [1.29, 1.82) is 0 Å². The van der Waals surface area contributed by atoms with Gasteiger partial charge in [-0.25, -0.2) is 17.5 Å². The first-order valence-electron chi connectivity index (χ1n) is 10.9. The summed E-state index contributed by atoms with van der Waals surface area (Å²) in [6.45, 7) is 6.69. The fourth-order valence-electron chi connectivity index (χ4n) is 3.06. The largest absolute Gasteiger partial charge is 0.482 e. The van der Waals surface area contributed by atoms with Crippen LogP contribution in [0.4, 0.5) is 0 Å². The van der Waals surface area contributed by atoms with Gasteiger partial charge in [0.05, 0.1) is 10.9 Å². The summed E-state index contributed by atoms with van der Waals surface area (Å²) in [5.41, 5.74) is 12.7. The Bertz CT molecular complexity index is 1080. The molecule has 1 atom stereocenters. The van der Waals surface area contributed by atoms with Crippen molar-refractivity contribution in [2.75, 3.05) is 19.7 Å². The number of sulfonamides is 1. The number of hydrogen-bond donors (Lipinski definition) is 2. The predicted octanol–water partition coefficient (Wildman–Crippen LogP) is 1.76. The Morgan fingerprint density at radius 3 is 2.15 bits per heavy atom. The number of nitrogens with two attached hydrogens (primary N) is 2. The van der Waals surface area contributed by atoms with Crippen LogP contribution in [0.1, 0.15) is 31.9 Å². The Balaban J connectivity index is 2.05. The third-order valence-electron chi connectivity index (χ3n) is 4.66. The van der Waals surface area contributed by atoms with Gasteiger partial charge < -0.3 is 20.9 Å². The Labute approximate surface area is 201 Å². The highest BCUT2D eigenvalue weighted by Crippen LogP contribution is 2.19. The zero-order chi connectivity index (χ0) is 25.5. The molecule has 2 rings (SSSR count). The Kier molecular flexibility index (Phi) is 9.20.